The fourth-order valence-electron chi connectivity index (χ4n) is 2.78. The summed E-state index contributed by atoms with van der Waals surface area (Å²) < 4.78 is 0. The zero-order chi connectivity index (χ0) is 21.4. The van der Waals surface area contributed by atoms with Gasteiger partial charge >= 0.3 is 5.97 Å². The lowest BCUT2D eigenvalue weighted by atomic mass is 10.0. The molecule has 2 aromatic carbocycles. The number of amidine groups is 1. The monoisotopic (exact) mass is 396 g/mol. The van der Waals surface area contributed by atoms with Gasteiger partial charge in [0.05, 0.1) is 12.5 Å². The second-order valence-corrected chi connectivity index (χ2v) is 6.54. The summed E-state index contributed by atoms with van der Waals surface area (Å²) in [6.45, 7) is 0. The number of benzene rings is 2. The molecule has 2 amide bonds. The van der Waals surface area contributed by atoms with Crippen LogP contribution in [0.1, 0.15) is 36.4 Å². The van der Waals surface area contributed by atoms with E-state index in [1.165, 1.54) is 4.90 Å². The predicted octanol–water partition coefficient (Wildman–Crippen LogP) is 2.05. The van der Waals surface area contributed by atoms with Gasteiger partial charge in [-0.25, -0.2) is 0 Å². The molecule has 0 aromatic heterocycles. The first-order valence-electron chi connectivity index (χ1n) is 9.05. The summed E-state index contributed by atoms with van der Waals surface area (Å²) in [7, 11) is 1.60. The van der Waals surface area contributed by atoms with Gasteiger partial charge in [-0.1, -0.05) is 30.3 Å². The number of amides is 2. The van der Waals surface area contributed by atoms with Crippen molar-refractivity contribution in [1.82, 2.24) is 5.32 Å². The summed E-state index contributed by atoms with van der Waals surface area (Å²) in [6.07, 6.45) is -0.324. The van der Waals surface area contributed by atoms with E-state index in [4.69, 9.17) is 16.2 Å². The van der Waals surface area contributed by atoms with Crippen LogP contribution in [0.25, 0.3) is 0 Å². The van der Waals surface area contributed by atoms with E-state index < -0.39 is 17.9 Å². The normalized spacial score (nSPS) is 11.3. The molecule has 0 aliphatic heterocycles. The van der Waals surface area contributed by atoms with Gasteiger partial charge in [-0.15, -0.1) is 0 Å². The zero-order valence-corrected chi connectivity index (χ0v) is 16.1. The molecule has 8 nitrogen and oxygen atoms in total. The summed E-state index contributed by atoms with van der Waals surface area (Å²) in [5.74, 6) is -1.74. The largest absolute Gasteiger partial charge is 0.481 e. The Hall–Kier alpha value is -3.68. The number of rotatable bonds is 9. The van der Waals surface area contributed by atoms with Crippen molar-refractivity contribution in [3.05, 3.63) is 65.7 Å². The Balaban J connectivity index is 1.93. The SMILES string of the molecule is CN(C(=O)CCC(=O)NC(CC(=O)O)c1ccccc1)c1ccc(C(=N)N)cc1. The molecule has 0 radical (unpaired) electrons. The van der Waals surface area contributed by atoms with Crippen LogP contribution in [0.2, 0.25) is 0 Å². The highest BCUT2D eigenvalue weighted by molar-refractivity contribution is 5.97. The molecule has 1 atom stereocenters. The van der Waals surface area contributed by atoms with E-state index in [-0.39, 0.29) is 31.0 Å². The smallest absolute Gasteiger partial charge is 0.305 e. The number of nitrogen functional groups attached to an aromatic ring is 1. The molecule has 0 saturated heterocycles. The topological polar surface area (TPSA) is 137 Å². The molecule has 29 heavy (non-hydrogen) atoms. The lowest BCUT2D eigenvalue weighted by molar-refractivity contribution is -0.138. The third kappa shape index (κ3) is 6.46. The van der Waals surface area contributed by atoms with Crippen LogP contribution in [-0.2, 0) is 14.4 Å². The van der Waals surface area contributed by atoms with Crippen LogP contribution >= 0.6 is 0 Å². The highest BCUT2D eigenvalue weighted by atomic mass is 16.4. The number of hydrogen-bond donors (Lipinski definition) is 4. The Kier molecular flexibility index (Phi) is 7.47. The lowest BCUT2D eigenvalue weighted by Crippen LogP contribution is -2.32. The standard InChI is InChI=1S/C21H24N4O4/c1-25(16-9-7-15(8-10-16)21(22)23)19(27)12-11-18(26)24-17(13-20(28)29)14-5-3-2-4-6-14/h2-10,17H,11-13H2,1H3,(H3,22,23)(H,24,26)(H,28,29). The highest BCUT2D eigenvalue weighted by Crippen LogP contribution is 2.18. The number of hydrogen-bond acceptors (Lipinski definition) is 4. The van der Waals surface area contributed by atoms with E-state index in [1.807, 2.05) is 0 Å². The van der Waals surface area contributed by atoms with Gasteiger partial charge in [0.2, 0.25) is 11.8 Å². The first-order valence-corrected chi connectivity index (χ1v) is 9.05. The maximum absolute atomic E-state index is 12.4. The van der Waals surface area contributed by atoms with E-state index in [0.717, 1.165) is 0 Å². The van der Waals surface area contributed by atoms with Crippen LogP contribution in [0.3, 0.4) is 0 Å². The molecular formula is C21H24N4O4. The maximum Gasteiger partial charge on any atom is 0.305 e. The fourth-order valence-corrected chi connectivity index (χ4v) is 2.78. The van der Waals surface area contributed by atoms with Gasteiger partial charge in [-0.3, -0.25) is 19.8 Å². The number of nitrogens with two attached hydrogens (primary N) is 1. The Morgan fingerprint density at radius 2 is 1.69 bits per heavy atom. The molecule has 0 aliphatic carbocycles. The van der Waals surface area contributed by atoms with Crippen molar-refractivity contribution in [3.63, 3.8) is 0 Å². The third-order valence-corrected chi connectivity index (χ3v) is 4.42. The van der Waals surface area contributed by atoms with Gasteiger partial charge < -0.3 is 21.1 Å². The molecule has 0 spiro atoms. The summed E-state index contributed by atoms with van der Waals surface area (Å²) in [5, 5.41) is 19.2. The quantitative estimate of drug-likeness (QED) is 0.380. The van der Waals surface area contributed by atoms with E-state index in [9.17, 15) is 14.4 Å². The van der Waals surface area contributed by atoms with Crippen LogP contribution in [0, 0.1) is 5.41 Å². The lowest BCUT2D eigenvalue weighted by Gasteiger charge is -2.19. The predicted molar refractivity (Wildman–Crippen MR) is 110 cm³/mol. The van der Waals surface area contributed by atoms with E-state index in [0.29, 0.717) is 16.8 Å². The Bertz CT molecular complexity index is 881. The minimum atomic E-state index is -1.02. The van der Waals surface area contributed by atoms with Crippen molar-refractivity contribution in [2.75, 3.05) is 11.9 Å². The van der Waals surface area contributed by atoms with Crippen LogP contribution in [0.4, 0.5) is 5.69 Å². The van der Waals surface area contributed by atoms with Crippen molar-refractivity contribution in [2.45, 2.75) is 25.3 Å². The maximum atomic E-state index is 12.4. The number of anilines is 1. The van der Waals surface area contributed by atoms with Crippen molar-refractivity contribution >= 4 is 29.3 Å². The Morgan fingerprint density at radius 1 is 1.07 bits per heavy atom. The van der Waals surface area contributed by atoms with Crippen LogP contribution in [0.15, 0.2) is 54.6 Å². The van der Waals surface area contributed by atoms with Gasteiger partial charge in [0.15, 0.2) is 0 Å². The molecule has 5 N–H and O–H groups in total. The number of carboxylic acids is 1. The fraction of sp³-hybridized carbons (Fsp3) is 0.238. The van der Waals surface area contributed by atoms with Gasteiger partial charge in [0.1, 0.15) is 5.84 Å². The number of carboxylic acid groups (broad SMARTS) is 1. The van der Waals surface area contributed by atoms with E-state index >= 15 is 0 Å². The van der Waals surface area contributed by atoms with Crippen LogP contribution < -0.4 is 16.0 Å². The highest BCUT2D eigenvalue weighted by Gasteiger charge is 2.19. The van der Waals surface area contributed by atoms with Gasteiger partial charge in [-0.05, 0) is 29.8 Å². The Morgan fingerprint density at radius 3 is 2.24 bits per heavy atom. The zero-order valence-electron chi connectivity index (χ0n) is 16.1. The molecule has 8 heteroatoms. The molecular weight excluding hydrogens is 372 g/mol. The third-order valence-electron chi connectivity index (χ3n) is 4.42. The molecule has 0 fully saturated rings. The van der Waals surface area contributed by atoms with Gasteiger partial charge in [-0.2, -0.15) is 0 Å². The summed E-state index contributed by atoms with van der Waals surface area (Å²) in [4.78, 5) is 37.2. The van der Waals surface area contributed by atoms with Crippen molar-refractivity contribution in [3.8, 4) is 0 Å². The summed E-state index contributed by atoms with van der Waals surface area (Å²) in [5.41, 5.74) is 7.28. The minimum Gasteiger partial charge on any atom is -0.481 e. The first kappa shape index (κ1) is 21.6. The molecule has 2 aromatic rings. The molecule has 0 aliphatic rings. The average Bonchev–Trinajstić information content (AvgIpc) is 2.71. The average molecular weight is 396 g/mol. The summed E-state index contributed by atoms with van der Waals surface area (Å²) in [6, 6.07) is 14.8. The van der Waals surface area contributed by atoms with Gasteiger partial charge in [0, 0.05) is 31.1 Å². The first-order chi connectivity index (χ1) is 13.8. The minimum absolute atomic E-state index is 0.0224. The number of carbonyl (C=O) groups is 3. The summed E-state index contributed by atoms with van der Waals surface area (Å²) >= 11 is 0. The molecule has 152 valence electrons. The molecule has 0 bridgehead atoms. The van der Waals surface area contributed by atoms with E-state index in [2.05, 4.69) is 5.32 Å². The van der Waals surface area contributed by atoms with Gasteiger partial charge in [0.25, 0.3) is 0 Å². The molecule has 1 unspecified atom stereocenters. The molecule has 2 rings (SSSR count). The van der Waals surface area contributed by atoms with E-state index in [1.54, 1.807) is 61.6 Å². The van der Waals surface area contributed by atoms with Crippen LogP contribution in [-0.4, -0.2) is 35.8 Å². The van der Waals surface area contributed by atoms with Crippen molar-refractivity contribution in [2.24, 2.45) is 5.73 Å². The van der Waals surface area contributed by atoms with Crippen molar-refractivity contribution in [1.29, 1.82) is 5.41 Å². The molecule has 0 saturated carbocycles. The van der Waals surface area contributed by atoms with Crippen LogP contribution in [0.5, 0.6) is 0 Å². The number of aliphatic carboxylic acids is 1. The second-order valence-electron chi connectivity index (χ2n) is 6.54. The number of nitrogens with zero attached hydrogens (tertiary/aromatic N) is 1. The number of carbonyl (C=O) groups excluding carboxylic acids is 2. The Labute approximate surface area is 168 Å². The molecule has 0 heterocycles. The van der Waals surface area contributed by atoms with Crippen molar-refractivity contribution < 1.29 is 19.5 Å². The number of nitrogens with one attached hydrogen (secondary N) is 2. The second kappa shape index (κ2) is 10.0.